The lowest BCUT2D eigenvalue weighted by molar-refractivity contribution is 0.467. The summed E-state index contributed by atoms with van der Waals surface area (Å²) in [6, 6.07) is 10.2. The van der Waals surface area contributed by atoms with Gasteiger partial charge in [-0.1, -0.05) is 18.2 Å². The van der Waals surface area contributed by atoms with Crippen LogP contribution in [0.15, 0.2) is 34.7 Å². The molecule has 0 bridgehead atoms. The Kier molecular flexibility index (Phi) is 1.64. The normalized spacial score (nSPS) is 18.6. The number of fused-ring (bicyclic) bond motifs is 1. The van der Waals surface area contributed by atoms with Crippen molar-refractivity contribution < 1.29 is 4.42 Å². The highest BCUT2D eigenvalue weighted by Crippen LogP contribution is 2.40. The lowest BCUT2D eigenvalue weighted by Gasteiger charge is -2.04. The van der Waals surface area contributed by atoms with Gasteiger partial charge in [-0.2, -0.15) is 0 Å². The molecule has 1 aromatic heterocycles. The van der Waals surface area contributed by atoms with E-state index in [1.807, 2.05) is 18.2 Å². The van der Waals surface area contributed by atoms with E-state index < -0.39 is 0 Å². The number of nitrogens with two attached hydrogens (primary N) is 1. The molecule has 1 heterocycles. The molecule has 0 spiro atoms. The molecular weight excluding hydrogens is 174 g/mol. The fraction of sp³-hybridized carbons (Fsp3) is 0.333. The summed E-state index contributed by atoms with van der Waals surface area (Å²) in [6.07, 6.45) is 2.50. The van der Waals surface area contributed by atoms with Crippen molar-refractivity contribution in [3.8, 4) is 0 Å². The molecular formula is C12H13NO. The van der Waals surface area contributed by atoms with Gasteiger partial charge < -0.3 is 10.2 Å². The number of rotatable bonds is 2. The topological polar surface area (TPSA) is 39.2 Å². The van der Waals surface area contributed by atoms with E-state index in [1.165, 1.54) is 12.8 Å². The van der Waals surface area contributed by atoms with Crippen LogP contribution in [0.1, 0.15) is 24.6 Å². The molecule has 1 aromatic carbocycles. The van der Waals surface area contributed by atoms with Gasteiger partial charge in [0.05, 0.1) is 6.04 Å². The molecule has 0 saturated heterocycles. The average molecular weight is 187 g/mol. The van der Waals surface area contributed by atoms with Crippen molar-refractivity contribution in [1.29, 1.82) is 0 Å². The van der Waals surface area contributed by atoms with E-state index >= 15 is 0 Å². The molecule has 3 rings (SSSR count). The molecule has 2 heteroatoms. The van der Waals surface area contributed by atoms with Crippen LogP contribution in [0.5, 0.6) is 0 Å². The second-order valence-corrected chi connectivity index (χ2v) is 4.05. The number of benzene rings is 1. The zero-order valence-electron chi connectivity index (χ0n) is 7.94. The zero-order valence-corrected chi connectivity index (χ0v) is 7.94. The molecule has 0 unspecified atom stereocenters. The quantitative estimate of drug-likeness (QED) is 0.785. The van der Waals surface area contributed by atoms with Crippen LogP contribution in [0, 0.1) is 5.92 Å². The predicted molar refractivity (Wildman–Crippen MR) is 55.9 cm³/mol. The molecule has 1 saturated carbocycles. The van der Waals surface area contributed by atoms with E-state index in [0.717, 1.165) is 16.7 Å². The smallest absolute Gasteiger partial charge is 0.134 e. The third kappa shape index (κ3) is 1.23. The fourth-order valence-corrected chi connectivity index (χ4v) is 1.85. The molecule has 2 aromatic rings. The van der Waals surface area contributed by atoms with Crippen molar-refractivity contribution in [3.63, 3.8) is 0 Å². The maximum absolute atomic E-state index is 6.07. The Morgan fingerprint density at radius 3 is 2.79 bits per heavy atom. The van der Waals surface area contributed by atoms with Crippen molar-refractivity contribution in [1.82, 2.24) is 0 Å². The number of furan rings is 1. The van der Waals surface area contributed by atoms with Crippen LogP contribution in [0.2, 0.25) is 0 Å². The summed E-state index contributed by atoms with van der Waals surface area (Å²) >= 11 is 0. The number of para-hydroxylation sites is 1. The van der Waals surface area contributed by atoms with Crippen molar-refractivity contribution >= 4 is 11.0 Å². The van der Waals surface area contributed by atoms with Crippen molar-refractivity contribution in [2.75, 3.05) is 0 Å². The van der Waals surface area contributed by atoms with Crippen molar-refractivity contribution in [3.05, 3.63) is 36.1 Å². The first-order valence-electron chi connectivity index (χ1n) is 5.08. The summed E-state index contributed by atoms with van der Waals surface area (Å²) < 4.78 is 5.71. The molecule has 1 atom stereocenters. The van der Waals surface area contributed by atoms with Gasteiger partial charge in [-0.15, -0.1) is 0 Å². The molecule has 0 amide bonds. The number of hydrogen-bond donors (Lipinski definition) is 1. The van der Waals surface area contributed by atoms with Crippen LogP contribution in [0.3, 0.4) is 0 Å². The standard InChI is InChI=1S/C12H13NO/c13-12(8-5-6-8)11-7-9-3-1-2-4-10(9)14-11/h1-4,7-8,12H,5-6,13H2/t12-/m0/s1. The molecule has 2 nitrogen and oxygen atoms in total. The lowest BCUT2D eigenvalue weighted by Crippen LogP contribution is -2.10. The first-order valence-corrected chi connectivity index (χ1v) is 5.08. The van der Waals surface area contributed by atoms with E-state index in [9.17, 15) is 0 Å². The zero-order chi connectivity index (χ0) is 9.54. The fourth-order valence-electron chi connectivity index (χ4n) is 1.85. The summed E-state index contributed by atoms with van der Waals surface area (Å²) in [6.45, 7) is 0. The number of hydrogen-bond acceptors (Lipinski definition) is 2. The van der Waals surface area contributed by atoms with Crippen LogP contribution in [0.4, 0.5) is 0 Å². The molecule has 14 heavy (non-hydrogen) atoms. The van der Waals surface area contributed by atoms with E-state index in [0.29, 0.717) is 5.92 Å². The second-order valence-electron chi connectivity index (χ2n) is 4.05. The third-order valence-electron chi connectivity index (χ3n) is 2.90. The Morgan fingerprint density at radius 2 is 2.07 bits per heavy atom. The van der Waals surface area contributed by atoms with Gasteiger partial charge in [-0.3, -0.25) is 0 Å². The Bertz CT molecular complexity index is 423. The van der Waals surface area contributed by atoms with Crippen LogP contribution in [-0.2, 0) is 0 Å². The Morgan fingerprint density at radius 1 is 1.29 bits per heavy atom. The molecule has 0 aliphatic heterocycles. The van der Waals surface area contributed by atoms with E-state index in [2.05, 4.69) is 12.1 Å². The minimum absolute atomic E-state index is 0.0994. The minimum Gasteiger partial charge on any atom is -0.459 e. The highest BCUT2D eigenvalue weighted by Gasteiger charge is 2.31. The highest BCUT2D eigenvalue weighted by molar-refractivity contribution is 5.77. The van der Waals surface area contributed by atoms with Crippen LogP contribution in [0.25, 0.3) is 11.0 Å². The molecule has 1 aliphatic carbocycles. The van der Waals surface area contributed by atoms with Crippen LogP contribution < -0.4 is 5.73 Å². The lowest BCUT2D eigenvalue weighted by atomic mass is 10.1. The van der Waals surface area contributed by atoms with E-state index in [4.69, 9.17) is 10.2 Å². The summed E-state index contributed by atoms with van der Waals surface area (Å²) in [5, 5.41) is 1.15. The summed E-state index contributed by atoms with van der Waals surface area (Å²) in [4.78, 5) is 0. The Balaban J connectivity index is 2.04. The largest absolute Gasteiger partial charge is 0.459 e. The van der Waals surface area contributed by atoms with Gasteiger partial charge in [0, 0.05) is 5.39 Å². The Hall–Kier alpha value is -1.28. The van der Waals surface area contributed by atoms with Crippen LogP contribution >= 0.6 is 0 Å². The minimum atomic E-state index is 0.0994. The molecule has 1 fully saturated rings. The van der Waals surface area contributed by atoms with Crippen molar-refractivity contribution in [2.45, 2.75) is 18.9 Å². The average Bonchev–Trinajstić information content (AvgIpc) is 2.95. The third-order valence-corrected chi connectivity index (χ3v) is 2.90. The SMILES string of the molecule is N[C@H](c1cc2ccccc2o1)C1CC1. The summed E-state index contributed by atoms with van der Waals surface area (Å²) in [7, 11) is 0. The van der Waals surface area contributed by atoms with Gasteiger partial charge in [0.25, 0.3) is 0 Å². The monoisotopic (exact) mass is 187 g/mol. The molecule has 72 valence electrons. The summed E-state index contributed by atoms with van der Waals surface area (Å²) in [5.74, 6) is 1.59. The van der Waals surface area contributed by atoms with Crippen LogP contribution in [-0.4, -0.2) is 0 Å². The van der Waals surface area contributed by atoms with Gasteiger partial charge in [0.15, 0.2) is 0 Å². The first kappa shape index (κ1) is 8.06. The molecule has 1 aliphatic rings. The predicted octanol–water partition coefficient (Wildman–Crippen LogP) is 2.84. The second kappa shape index (κ2) is 2.85. The maximum Gasteiger partial charge on any atom is 0.134 e. The van der Waals surface area contributed by atoms with Gasteiger partial charge in [-0.05, 0) is 30.9 Å². The van der Waals surface area contributed by atoms with E-state index in [1.54, 1.807) is 0 Å². The Labute approximate surface area is 82.7 Å². The van der Waals surface area contributed by atoms with Crippen molar-refractivity contribution in [2.24, 2.45) is 11.7 Å². The maximum atomic E-state index is 6.07. The van der Waals surface area contributed by atoms with Gasteiger partial charge in [0.1, 0.15) is 11.3 Å². The van der Waals surface area contributed by atoms with Gasteiger partial charge in [-0.25, -0.2) is 0 Å². The van der Waals surface area contributed by atoms with Gasteiger partial charge in [0.2, 0.25) is 0 Å². The molecule has 0 radical (unpaired) electrons. The summed E-state index contributed by atoms with van der Waals surface area (Å²) in [5.41, 5.74) is 7.01. The van der Waals surface area contributed by atoms with Gasteiger partial charge >= 0.3 is 0 Å². The van der Waals surface area contributed by atoms with E-state index in [-0.39, 0.29) is 6.04 Å². The first-order chi connectivity index (χ1) is 6.84. The highest BCUT2D eigenvalue weighted by atomic mass is 16.3. The molecule has 2 N–H and O–H groups in total.